The molecule has 67 heavy (non-hydrogen) atoms. The summed E-state index contributed by atoms with van der Waals surface area (Å²) < 4.78 is 58.2. The van der Waals surface area contributed by atoms with Crippen LogP contribution in [0.2, 0.25) is 0 Å². The standard InChI is InChI=1S/C49H57F3N6O8S/c1-7-32-12-14-33(15-13-32)29-54-43(61)40-27-37(59)30-56(40)44(62)42(47(2,3)4)55-41(60)31-65-24-11-23-64-22-9-8-10-25-66-38-20-18-35(19-21-38)58-46(67)57(45(63)48(58,5)6)36-17-16-34(28-53)39(26-36)49(50,51)52/h1,12-21,26,37,40,42,59H,8-11,22-25,27,29-31H2,2-6H3,(H,54,61)(H,55,60)/t37-,40+,42-/m1/s1. The minimum atomic E-state index is -4.80. The normalized spacial score (nSPS) is 17.5. The Hall–Kier alpha value is -6.05. The van der Waals surface area contributed by atoms with Crippen molar-refractivity contribution in [1.82, 2.24) is 15.5 Å². The van der Waals surface area contributed by atoms with Gasteiger partial charge in [0.25, 0.3) is 5.91 Å². The lowest BCUT2D eigenvalue weighted by molar-refractivity contribution is -0.144. The average molecular weight is 947 g/mol. The molecular formula is C49H57F3N6O8S. The van der Waals surface area contributed by atoms with E-state index in [1.165, 1.54) is 11.0 Å². The number of thiocarbonyl (C=S) groups is 1. The van der Waals surface area contributed by atoms with E-state index in [2.05, 4.69) is 16.6 Å². The number of aliphatic hydroxyl groups is 1. The second-order valence-electron chi connectivity index (χ2n) is 17.9. The molecule has 2 saturated heterocycles. The van der Waals surface area contributed by atoms with Gasteiger partial charge >= 0.3 is 6.18 Å². The molecule has 18 heteroatoms. The fourth-order valence-electron chi connectivity index (χ4n) is 7.70. The van der Waals surface area contributed by atoms with E-state index in [4.69, 9.17) is 32.9 Å². The predicted molar refractivity (Wildman–Crippen MR) is 249 cm³/mol. The predicted octanol–water partition coefficient (Wildman–Crippen LogP) is 6.26. The Morgan fingerprint density at radius 1 is 0.940 bits per heavy atom. The molecule has 0 unspecified atom stereocenters. The number of carbonyl (C=O) groups excluding carboxylic acids is 4. The van der Waals surface area contributed by atoms with Gasteiger partial charge in [-0.15, -0.1) is 6.42 Å². The zero-order chi connectivity index (χ0) is 49.1. The molecule has 0 saturated carbocycles. The summed E-state index contributed by atoms with van der Waals surface area (Å²) in [5.41, 5.74) is -1.63. The van der Waals surface area contributed by atoms with Crippen molar-refractivity contribution in [2.75, 3.05) is 49.4 Å². The van der Waals surface area contributed by atoms with Gasteiger partial charge < -0.3 is 39.8 Å². The number of likely N-dealkylation sites (tertiary alicyclic amines) is 1. The number of terminal acetylenes is 1. The minimum absolute atomic E-state index is 0.000448. The summed E-state index contributed by atoms with van der Waals surface area (Å²) in [5.74, 6) is 1.25. The van der Waals surface area contributed by atoms with Crippen LogP contribution in [0.5, 0.6) is 5.75 Å². The van der Waals surface area contributed by atoms with Crippen molar-refractivity contribution >= 4 is 52.3 Å². The number of carbonyl (C=O) groups is 4. The third kappa shape index (κ3) is 13.3. The number of hydrogen-bond donors (Lipinski definition) is 3. The summed E-state index contributed by atoms with van der Waals surface area (Å²) in [7, 11) is 0. The van der Waals surface area contributed by atoms with E-state index < -0.39 is 70.1 Å². The third-order valence-electron chi connectivity index (χ3n) is 11.3. The molecule has 5 rings (SSSR count). The Morgan fingerprint density at radius 3 is 2.22 bits per heavy atom. The van der Waals surface area contributed by atoms with Gasteiger partial charge in [0, 0.05) is 50.6 Å². The number of nitrogens with zero attached hydrogens (tertiary/aromatic N) is 4. The van der Waals surface area contributed by atoms with E-state index in [9.17, 15) is 42.7 Å². The van der Waals surface area contributed by atoms with Crippen LogP contribution in [0, 0.1) is 29.1 Å². The Bertz CT molecular complexity index is 2340. The number of unbranched alkanes of at least 4 members (excludes halogenated alkanes) is 2. The Balaban J connectivity index is 0.963. The van der Waals surface area contributed by atoms with Gasteiger partial charge in [-0.25, -0.2) is 0 Å². The summed E-state index contributed by atoms with van der Waals surface area (Å²) in [6.07, 6.45) is 2.74. The first kappa shape index (κ1) is 51.9. The first-order valence-electron chi connectivity index (χ1n) is 22.0. The van der Waals surface area contributed by atoms with Crippen molar-refractivity contribution in [3.63, 3.8) is 0 Å². The molecule has 3 N–H and O–H groups in total. The highest BCUT2D eigenvalue weighted by Crippen LogP contribution is 2.40. The van der Waals surface area contributed by atoms with E-state index in [1.54, 1.807) is 73.3 Å². The first-order valence-corrected chi connectivity index (χ1v) is 22.4. The van der Waals surface area contributed by atoms with Crippen LogP contribution in [0.25, 0.3) is 0 Å². The van der Waals surface area contributed by atoms with E-state index in [1.807, 2.05) is 20.8 Å². The maximum Gasteiger partial charge on any atom is 0.417 e. The maximum atomic E-state index is 13.8. The summed E-state index contributed by atoms with van der Waals surface area (Å²) in [6, 6.07) is 16.8. The molecular weight excluding hydrogens is 890 g/mol. The molecule has 0 radical (unpaired) electrons. The SMILES string of the molecule is C#Cc1ccc(CNC(=O)[C@@H]2C[C@@H](O)CN2C(=O)[C@@H](NC(=O)COCCCOCCCCCOc2ccc(N3C(=S)N(c4ccc(C#N)c(C(F)(F)F)c4)C(=O)C3(C)C)cc2)C(C)(C)C)cc1. The molecule has 0 bridgehead atoms. The number of alkyl halides is 3. The van der Waals surface area contributed by atoms with Crippen LogP contribution in [0.1, 0.15) is 89.0 Å². The lowest BCUT2D eigenvalue weighted by atomic mass is 9.85. The molecule has 2 fully saturated rings. The van der Waals surface area contributed by atoms with E-state index in [0.717, 1.165) is 41.9 Å². The number of ether oxygens (including phenoxy) is 3. The molecule has 2 aliphatic heterocycles. The topological polar surface area (TPSA) is 174 Å². The Labute approximate surface area is 394 Å². The van der Waals surface area contributed by atoms with Gasteiger partial charge in [0.15, 0.2) is 5.11 Å². The molecule has 0 aliphatic carbocycles. The van der Waals surface area contributed by atoms with E-state index in [0.29, 0.717) is 43.2 Å². The van der Waals surface area contributed by atoms with Gasteiger partial charge in [0.1, 0.15) is 30.0 Å². The number of hydrogen-bond acceptors (Lipinski definition) is 10. The lowest BCUT2D eigenvalue weighted by Gasteiger charge is -2.35. The summed E-state index contributed by atoms with van der Waals surface area (Å²) in [4.78, 5) is 57.4. The van der Waals surface area contributed by atoms with Crippen LogP contribution in [0.3, 0.4) is 0 Å². The molecule has 3 atom stereocenters. The smallest absolute Gasteiger partial charge is 0.417 e. The minimum Gasteiger partial charge on any atom is -0.494 e. The maximum absolute atomic E-state index is 13.8. The zero-order valence-corrected chi connectivity index (χ0v) is 39.1. The van der Waals surface area contributed by atoms with Gasteiger partial charge in [-0.1, -0.05) is 38.8 Å². The summed E-state index contributed by atoms with van der Waals surface area (Å²) in [6.45, 7) is 10.2. The van der Waals surface area contributed by atoms with Crippen molar-refractivity contribution in [1.29, 1.82) is 5.26 Å². The monoisotopic (exact) mass is 946 g/mol. The second-order valence-corrected chi connectivity index (χ2v) is 18.3. The number of benzene rings is 3. The summed E-state index contributed by atoms with van der Waals surface area (Å²) in [5, 5.41) is 25.2. The number of amides is 4. The summed E-state index contributed by atoms with van der Waals surface area (Å²) >= 11 is 5.62. The largest absolute Gasteiger partial charge is 0.494 e. The highest BCUT2D eigenvalue weighted by molar-refractivity contribution is 7.81. The van der Waals surface area contributed by atoms with Gasteiger partial charge in [-0.05, 0) is 117 Å². The van der Waals surface area contributed by atoms with Crippen molar-refractivity contribution in [3.05, 3.63) is 89.0 Å². The van der Waals surface area contributed by atoms with Gasteiger partial charge in [-0.3, -0.25) is 24.1 Å². The number of nitriles is 1. The lowest BCUT2D eigenvalue weighted by Crippen LogP contribution is -2.58. The molecule has 3 aromatic carbocycles. The van der Waals surface area contributed by atoms with E-state index >= 15 is 0 Å². The number of aliphatic hydroxyl groups excluding tert-OH is 1. The van der Waals surface area contributed by atoms with Crippen LogP contribution >= 0.6 is 12.2 Å². The van der Waals surface area contributed by atoms with Crippen molar-refractivity contribution in [2.24, 2.45) is 5.41 Å². The number of halogens is 3. The molecule has 2 aliphatic rings. The van der Waals surface area contributed by atoms with Crippen LogP contribution < -0.4 is 25.2 Å². The van der Waals surface area contributed by atoms with Crippen molar-refractivity contribution in [3.8, 4) is 24.2 Å². The van der Waals surface area contributed by atoms with Crippen LogP contribution in [-0.2, 0) is 41.4 Å². The quantitative estimate of drug-likeness (QED) is 0.0664. The molecule has 2 heterocycles. The second kappa shape index (κ2) is 22.6. The Morgan fingerprint density at radius 2 is 1.58 bits per heavy atom. The van der Waals surface area contributed by atoms with Crippen LogP contribution in [0.4, 0.5) is 24.5 Å². The average Bonchev–Trinajstić information content (AvgIpc) is 3.76. The highest BCUT2D eigenvalue weighted by atomic mass is 32.1. The van der Waals surface area contributed by atoms with E-state index in [-0.39, 0.29) is 43.5 Å². The Kier molecular flexibility index (Phi) is 17.5. The molecule has 0 aromatic heterocycles. The molecule has 0 spiro atoms. The van der Waals surface area contributed by atoms with Gasteiger partial charge in [-0.2, -0.15) is 18.4 Å². The number of rotatable bonds is 20. The van der Waals surface area contributed by atoms with Crippen molar-refractivity contribution < 1.29 is 51.7 Å². The molecule has 14 nitrogen and oxygen atoms in total. The van der Waals surface area contributed by atoms with Crippen molar-refractivity contribution in [2.45, 2.75) is 103 Å². The highest BCUT2D eigenvalue weighted by Gasteiger charge is 2.51. The first-order chi connectivity index (χ1) is 31.7. The van der Waals surface area contributed by atoms with Crippen LogP contribution in [0.15, 0.2) is 66.7 Å². The van der Waals surface area contributed by atoms with Gasteiger partial charge in [0.2, 0.25) is 17.7 Å². The fourth-order valence-corrected chi connectivity index (χ4v) is 8.22. The number of nitrogens with one attached hydrogen (secondary N) is 2. The molecule has 4 amide bonds. The van der Waals surface area contributed by atoms with Crippen LogP contribution in [-0.4, -0.2) is 102 Å². The molecule has 358 valence electrons. The fraction of sp³-hybridized carbons (Fsp3) is 0.469. The van der Waals surface area contributed by atoms with Gasteiger partial charge in [0.05, 0.1) is 35.6 Å². The molecule has 3 aromatic rings. The zero-order valence-electron chi connectivity index (χ0n) is 38.3. The number of β-amino-alcohol motifs (C(OH)–C–C–N with tert-alkyl or cyclic N) is 1. The number of anilines is 2. The third-order valence-corrected chi connectivity index (χ3v) is 11.7.